The average Bonchev–Trinajstić information content (AvgIpc) is 3.75. The van der Waals surface area contributed by atoms with Gasteiger partial charge in [-0.2, -0.15) is 0 Å². The zero-order valence-electron chi connectivity index (χ0n) is 21.7. The van der Waals surface area contributed by atoms with E-state index in [-0.39, 0.29) is 87.5 Å². The van der Waals surface area contributed by atoms with Gasteiger partial charge < -0.3 is 31.1 Å². The van der Waals surface area contributed by atoms with Crippen LogP contribution in [0.15, 0.2) is 11.1 Å². The minimum absolute atomic E-state index is 0. The molecule has 4 saturated heterocycles. The maximum atomic E-state index is 12.2. The molecule has 6 nitrogen and oxygen atoms in total. The number of hydrogen-bond donors (Lipinski definition) is 0. The van der Waals surface area contributed by atoms with Gasteiger partial charge in [0.15, 0.2) is 5.60 Å². The van der Waals surface area contributed by atoms with Gasteiger partial charge in [-0.05, 0) is 43.1 Å². The van der Waals surface area contributed by atoms with Gasteiger partial charge >= 0.3 is 5.97 Å². The second kappa shape index (κ2) is 9.49. The van der Waals surface area contributed by atoms with Gasteiger partial charge in [-0.3, -0.25) is 0 Å². The van der Waals surface area contributed by atoms with Crippen LogP contribution >= 0.6 is 21.6 Å². The quantitative estimate of drug-likeness (QED) is 0.156. The Morgan fingerprint density at radius 2 is 1.92 bits per heavy atom. The van der Waals surface area contributed by atoms with Crippen molar-refractivity contribution in [1.29, 1.82) is 0 Å². The average molecular weight is 608 g/mol. The van der Waals surface area contributed by atoms with Crippen molar-refractivity contribution in [2.45, 2.75) is 94.0 Å². The summed E-state index contributed by atoms with van der Waals surface area (Å²) in [5.41, 5.74) is 0.765. The van der Waals surface area contributed by atoms with Gasteiger partial charge in [0.05, 0.1) is 14.0 Å². The number of carbonyl (C=O) groups is 1. The van der Waals surface area contributed by atoms with Crippen LogP contribution < -0.4 is 0 Å². The number of ether oxygens (including phenoxy) is 5. The summed E-state index contributed by atoms with van der Waals surface area (Å²) < 4.78 is 31.6. The topological polar surface area (TPSA) is 73.1 Å². The SMILES string of the molecule is C1CSSC1.[B]CCO[C@@H]1[C@@]2(C(C)C)O[C@H]2[C@@H]2O[C@]23[C@]12O[C@H]2C[C@H]1C2=C(CC[C@@]13C)C(=O)OC2.[CH3-].[Y]. The van der Waals surface area contributed by atoms with Gasteiger partial charge in [0.1, 0.15) is 36.1 Å². The van der Waals surface area contributed by atoms with E-state index in [9.17, 15) is 4.79 Å². The Kier molecular flexibility index (Phi) is 7.50. The molecular formula is C26H36BO6S2Y-. The third-order valence-corrected chi connectivity index (χ3v) is 12.6. The van der Waals surface area contributed by atoms with E-state index < -0.39 is 11.2 Å². The fraction of sp³-hybridized carbons (Fsp3) is 0.846. The van der Waals surface area contributed by atoms with Crippen molar-refractivity contribution in [1.82, 2.24) is 0 Å². The Balaban J connectivity index is 0.000000344. The van der Waals surface area contributed by atoms with E-state index in [2.05, 4.69) is 20.8 Å². The fourth-order valence-corrected chi connectivity index (χ4v) is 10.8. The molecule has 5 heterocycles. The number of hydrogen-bond acceptors (Lipinski definition) is 8. The Hall–Kier alpha value is 0.919. The van der Waals surface area contributed by atoms with Crippen LogP contribution in [0.25, 0.3) is 0 Å². The largest absolute Gasteiger partial charge is 0.458 e. The molecule has 0 aromatic carbocycles. The zero-order chi connectivity index (χ0) is 23.5. The van der Waals surface area contributed by atoms with Gasteiger partial charge in [0, 0.05) is 61.8 Å². The van der Waals surface area contributed by atoms with Crippen molar-refractivity contribution >= 4 is 35.4 Å². The molecule has 0 bridgehead atoms. The number of epoxide rings is 3. The van der Waals surface area contributed by atoms with E-state index in [0.717, 1.165) is 24.8 Å². The van der Waals surface area contributed by atoms with Crippen LogP contribution in [0.2, 0.25) is 6.32 Å². The van der Waals surface area contributed by atoms with E-state index in [0.29, 0.717) is 25.5 Å². The molecule has 195 valence electrons. The number of rotatable bonds is 4. The van der Waals surface area contributed by atoms with Crippen LogP contribution in [-0.2, 0) is 61.2 Å². The Labute approximate surface area is 249 Å². The number of fused-ring (bicyclic) bond motifs is 4. The maximum absolute atomic E-state index is 12.2. The van der Waals surface area contributed by atoms with Gasteiger partial charge in [0.2, 0.25) is 0 Å². The van der Waals surface area contributed by atoms with Crippen LogP contribution in [0.3, 0.4) is 0 Å². The minimum Gasteiger partial charge on any atom is -0.458 e. The molecule has 9 atom stereocenters. The summed E-state index contributed by atoms with van der Waals surface area (Å²) >= 11 is 0. The van der Waals surface area contributed by atoms with Crippen LogP contribution in [0.1, 0.15) is 46.5 Å². The monoisotopic (exact) mass is 608 g/mol. The summed E-state index contributed by atoms with van der Waals surface area (Å²) in [5, 5.41) is 0. The molecule has 3 aliphatic carbocycles. The summed E-state index contributed by atoms with van der Waals surface area (Å²) in [6.07, 6.45) is 4.45. The fourth-order valence-electron chi connectivity index (χ4n) is 8.40. The van der Waals surface area contributed by atoms with E-state index in [1.54, 1.807) is 0 Å². The molecule has 6 fully saturated rings. The third kappa shape index (κ3) is 3.33. The molecule has 2 spiro atoms. The summed E-state index contributed by atoms with van der Waals surface area (Å²) in [4.78, 5) is 12.2. The van der Waals surface area contributed by atoms with Crippen LogP contribution in [0.5, 0.6) is 0 Å². The Bertz CT molecular complexity index is 955. The van der Waals surface area contributed by atoms with Crippen molar-refractivity contribution in [3.8, 4) is 0 Å². The van der Waals surface area contributed by atoms with Crippen LogP contribution in [0.4, 0.5) is 0 Å². The first-order chi connectivity index (χ1) is 16.4. The van der Waals surface area contributed by atoms with Crippen molar-refractivity contribution in [2.75, 3.05) is 24.7 Å². The maximum Gasteiger partial charge on any atom is 0.334 e. The molecule has 5 aliphatic heterocycles. The first-order valence-electron chi connectivity index (χ1n) is 12.9. The molecule has 0 amide bonds. The molecule has 10 heteroatoms. The van der Waals surface area contributed by atoms with Gasteiger partial charge in [0.25, 0.3) is 0 Å². The van der Waals surface area contributed by atoms with E-state index in [4.69, 9.17) is 31.5 Å². The van der Waals surface area contributed by atoms with Crippen molar-refractivity contribution in [2.24, 2.45) is 17.3 Å². The first kappa shape index (κ1) is 28.4. The van der Waals surface area contributed by atoms with Crippen LogP contribution in [0, 0.1) is 24.7 Å². The standard InChI is InChI=1S/C22H27BO6.C3H6S2.CH3.Y/c1-10(2)20-15(28-20)16-22(29-16)19(3)5-4-11-12(9-26-17(11)24)13(19)8-14-21(22,27-14)18(20)25-7-6-23;1-2-4-5-3-1;;/h10,13-16,18H,4-9H2,1-3H3;1-3H2;1H3;/q;;-1;/t13-,14-,15-,16-,18+,19-,20-,21+,22+;;;/m0.../s1. The molecule has 0 aromatic heterocycles. The van der Waals surface area contributed by atoms with Crippen molar-refractivity contribution in [3.05, 3.63) is 18.6 Å². The summed E-state index contributed by atoms with van der Waals surface area (Å²) in [7, 11) is 9.79. The van der Waals surface area contributed by atoms with Crippen LogP contribution in [-0.4, -0.2) is 79.8 Å². The van der Waals surface area contributed by atoms with Crippen molar-refractivity contribution in [3.63, 3.8) is 0 Å². The summed E-state index contributed by atoms with van der Waals surface area (Å²) in [6.45, 7) is 7.67. The predicted molar refractivity (Wildman–Crippen MR) is 137 cm³/mol. The van der Waals surface area contributed by atoms with Gasteiger partial charge in [-0.25, -0.2) is 4.79 Å². The molecule has 0 unspecified atom stereocenters. The molecule has 2 saturated carbocycles. The summed E-state index contributed by atoms with van der Waals surface area (Å²) in [5.74, 6) is 3.20. The Morgan fingerprint density at radius 3 is 2.56 bits per heavy atom. The smallest absolute Gasteiger partial charge is 0.334 e. The minimum atomic E-state index is -0.461. The van der Waals surface area contributed by atoms with Crippen molar-refractivity contribution < 1.29 is 61.2 Å². The van der Waals surface area contributed by atoms with E-state index in [1.165, 1.54) is 23.5 Å². The number of carbonyl (C=O) groups excluding carboxylic acids is 1. The molecule has 3 radical (unpaired) electrons. The normalized spacial score (nSPS) is 49.9. The van der Waals surface area contributed by atoms with Gasteiger partial charge in [-0.1, -0.05) is 48.7 Å². The zero-order valence-corrected chi connectivity index (χ0v) is 26.2. The third-order valence-electron chi connectivity index (χ3n) is 10.0. The molecule has 0 N–H and O–H groups in total. The second-order valence-electron chi connectivity index (χ2n) is 11.5. The first-order valence-corrected chi connectivity index (χ1v) is 15.4. The second-order valence-corrected chi connectivity index (χ2v) is 14.2. The predicted octanol–water partition coefficient (Wildman–Crippen LogP) is 3.93. The summed E-state index contributed by atoms with van der Waals surface area (Å²) in [6, 6.07) is 0. The number of esters is 1. The molecule has 8 aliphatic rings. The van der Waals surface area contributed by atoms with E-state index in [1.807, 2.05) is 21.6 Å². The van der Waals surface area contributed by atoms with E-state index >= 15 is 0 Å². The molecule has 0 aromatic rings. The molecule has 36 heavy (non-hydrogen) atoms. The molecule has 8 rings (SSSR count). The molecular weight excluding hydrogens is 572 g/mol. The van der Waals surface area contributed by atoms with Gasteiger partial charge in [-0.15, -0.1) is 0 Å². The Morgan fingerprint density at radius 1 is 1.17 bits per heavy atom. The number of cyclic esters (lactones) is 1.